The van der Waals surface area contributed by atoms with E-state index in [1.165, 1.54) is 13.1 Å². The molecule has 6 nitrogen and oxygen atoms in total. The van der Waals surface area contributed by atoms with Crippen molar-refractivity contribution in [2.75, 3.05) is 11.9 Å². The number of carbonyl (C=O) groups is 1. The quantitative estimate of drug-likeness (QED) is 0.728. The van der Waals surface area contributed by atoms with Crippen molar-refractivity contribution in [1.82, 2.24) is 15.2 Å². The van der Waals surface area contributed by atoms with Gasteiger partial charge >= 0.3 is 6.18 Å². The first-order valence-corrected chi connectivity index (χ1v) is 4.23. The number of amides is 1. The lowest BCUT2D eigenvalue weighted by molar-refractivity contribution is -0.141. The number of nitrogens with zero attached hydrogens (tertiary/aromatic N) is 5. The first-order valence-electron chi connectivity index (χ1n) is 4.23. The van der Waals surface area contributed by atoms with Gasteiger partial charge in [0.25, 0.3) is 5.95 Å². The summed E-state index contributed by atoms with van der Waals surface area (Å²) < 4.78 is 37.5. The molecule has 90 valence electrons. The minimum absolute atomic E-state index is 0.510. The largest absolute Gasteiger partial charge is 0.436 e. The zero-order valence-electron chi connectivity index (χ0n) is 8.78. The highest BCUT2D eigenvalue weighted by Crippen LogP contribution is 2.29. The van der Waals surface area contributed by atoms with Gasteiger partial charge in [0, 0.05) is 14.0 Å². The van der Waals surface area contributed by atoms with Crippen LogP contribution in [0.3, 0.4) is 0 Å². The normalized spacial score (nSPS) is 10.8. The first-order chi connectivity index (χ1) is 7.77. The van der Waals surface area contributed by atoms with E-state index in [2.05, 4.69) is 15.2 Å². The number of aromatic nitrogens is 3. The van der Waals surface area contributed by atoms with Crippen molar-refractivity contribution in [3.05, 3.63) is 11.4 Å². The molecule has 1 aromatic heterocycles. The second kappa shape index (κ2) is 4.32. The molecule has 0 saturated heterocycles. The second-order valence-electron chi connectivity index (χ2n) is 3.00. The molecule has 0 aliphatic rings. The summed E-state index contributed by atoms with van der Waals surface area (Å²) in [6, 6.07) is 1.24. The van der Waals surface area contributed by atoms with Gasteiger partial charge in [0.05, 0.1) is 0 Å². The highest BCUT2D eigenvalue weighted by atomic mass is 19.4. The predicted molar refractivity (Wildman–Crippen MR) is 48.6 cm³/mol. The highest BCUT2D eigenvalue weighted by Gasteiger charge is 2.37. The number of rotatable bonds is 1. The zero-order valence-corrected chi connectivity index (χ0v) is 8.78. The number of halogens is 3. The maximum Gasteiger partial charge on any atom is 0.436 e. The fraction of sp³-hybridized carbons (Fsp3) is 0.375. The monoisotopic (exact) mass is 245 g/mol. The lowest BCUT2D eigenvalue weighted by Crippen LogP contribution is -2.27. The molecule has 0 atom stereocenters. The van der Waals surface area contributed by atoms with Gasteiger partial charge in [-0.2, -0.15) is 18.4 Å². The van der Waals surface area contributed by atoms with Crippen LogP contribution in [-0.2, 0) is 11.0 Å². The van der Waals surface area contributed by atoms with E-state index in [-0.39, 0.29) is 0 Å². The van der Waals surface area contributed by atoms with Crippen LogP contribution in [0, 0.1) is 11.3 Å². The first kappa shape index (κ1) is 12.8. The molecule has 1 amide bonds. The number of hydrogen-bond donors (Lipinski definition) is 0. The van der Waals surface area contributed by atoms with Crippen LogP contribution in [0.5, 0.6) is 0 Å². The van der Waals surface area contributed by atoms with E-state index in [4.69, 9.17) is 5.26 Å². The summed E-state index contributed by atoms with van der Waals surface area (Å²) in [6.45, 7) is 1.13. The van der Waals surface area contributed by atoms with Gasteiger partial charge in [0.1, 0.15) is 6.07 Å². The molecule has 0 aliphatic carbocycles. The molecule has 1 heterocycles. The summed E-state index contributed by atoms with van der Waals surface area (Å²) in [4.78, 5) is 14.8. The van der Waals surface area contributed by atoms with Crippen LogP contribution in [-0.4, -0.2) is 28.1 Å². The van der Waals surface area contributed by atoms with Crippen molar-refractivity contribution >= 4 is 11.9 Å². The molecule has 1 aromatic rings. The van der Waals surface area contributed by atoms with E-state index in [0.29, 0.717) is 0 Å². The van der Waals surface area contributed by atoms with Gasteiger partial charge in [-0.15, -0.1) is 10.2 Å². The van der Waals surface area contributed by atoms with Crippen molar-refractivity contribution in [2.45, 2.75) is 13.1 Å². The van der Waals surface area contributed by atoms with E-state index >= 15 is 0 Å². The van der Waals surface area contributed by atoms with Crippen LogP contribution in [0.15, 0.2) is 0 Å². The minimum atomic E-state index is -4.83. The van der Waals surface area contributed by atoms with Gasteiger partial charge in [-0.1, -0.05) is 0 Å². The third kappa shape index (κ3) is 2.66. The van der Waals surface area contributed by atoms with E-state index in [9.17, 15) is 18.0 Å². The van der Waals surface area contributed by atoms with Crippen molar-refractivity contribution in [2.24, 2.45) is 0 Å². The predicted octanol–water partition coefficient (Wildman–Crippen LogP) is 0.745. The van der Waals surface area contributed by atoms with Gasteiger partial charge in [-0.3, -0.25) is 9.69 Å². The summed E-state index contributed by atoms with van der Waals surface area (Å²) in [5.74, 6) is -1.06. The average molecular weight is 245 g/mol. The molecule has 0 aromatic carbocycles. The Balaban J connectivity index is 3.34. The van der Waals surface area contributed by atoms with Gasteiger partial charge < -0.3 is 0 Å². The van der Waals surface area contributed by atoms with Gasteiger partial charge in [-0.05, 0) is 0 Å². The molecular formula is C8H6F3N5O. The number of anilines is 1. The minimum Gasteiger partial charge on any atom is -0.283 e. The molecule has 9 heteroatoms. The molecule has 0 bridgehead atoms. The molecule has 17 heavy (non-hydrogen) atoms. The van der Waals surface area contributed by atoms with Crippen LogP contribution in [0.25, 0.3) is 0 Å². The van der Waals surface area contributed by atoms with Crippen LogP contribution >= 0.6 is 0 Å². The van der Waals surface area contributed by atoms with Crippen LogP contribution < -0.4 is 4.90 Å². The Morgan fingerprint density at radius 1 is 1.41 bits per heavy atom. The Hall–Kier alpha value is -2.24. The Labute approximate surface area is 93.7 Å². The lowest BCUT2D eigenvalue weighted by atomic mass is 10.3. The van der Waals surface area contributed by atoms with Gasteiger partial charge in [-0.25, -0.2) is 4.98 Å². The number of hydrogen-bond acceptors (Lipinski definition) is 5. The van der Waals surface area contributed by atoms with Crippen molar-refractivity contribution in [1.29, 1.82) is 5.26 Å². The molecular weight excluding hydrogens is 239 g/mol. The van der Waals surface area contributed by atoms with E-state index < -0.39 is 29.4 Å². The molecule has 0 N–H and O–H groups in total. The lowest BCUT2D eigenvalue weighted by Gasteiger charge is -2.13. The standard InChI is InChI=1S/C8H6F3N5O/c1-4(17)16(2)7-13-6(8(9,10)11)5(3-12)14-15-7/h1-2H3. The zero-order chi connectivity index (χ0) is 13.2. The summed E-state index contributed by atoms with van der Waals surface area (Å²) in [7, 11) is 1.20. The van der Waals surface area contributed by atoms with Crippen LogP contribution in [0.1, 0.15) is 18.3 Å². The van der Waals surface area contributed by atoms with E-state index in [1.54, 1.807) is 0 Å². The SMILES string of the molecule is CC(=O)N(C)c1nnc(C#N)c(C(F)(F)F)n1. The summed E-state index contributed by atoms with van der Waals surface area (Å²) >= 11 is 0. The summed E-state index contributed by atoms with van der Waals surface area (Å²) in [6.07, 6.45) is -4.83. The van der Waals surface area contributed by atoms with Crippen LogP contribution in [0.2, 0.25) is 0 Å². The van der Waals surface area contributed by atoms with Crippen molar-refractivity contribution < 1.29 is 18.0 Å². The Morgan fingerprint density at radius 3 is 2.41 bits per heavy atom. The topological polar surface area (TPSA) is 82.8 Å². The summed E-state index contributed by atoms with van der Waals surface area (Å²) in [5, 5.41) is 14.8. The molecule has 0 fully saturated rings. The maximum absolute atomic E-state index is 12.5. The van der Waals surface area contributed by atoms with Gasteiger partial charge in [0.2, 0.25) is 5.91 Å². The Bertz CT molecular complexity index is 493. The second-order valence-corrected chi connectivity index (χ2v) is 3.00. The third-order valence-electron chi connectivity index (χ3n) is 1.82. The van der Waals surface area contributed by atoms with Crippen molar-refractivity contribution in [3.8, 4) is 6.07 Å². The van der Waals surface area contributed by atoms with E-state index in [1.807, 2.05) is 0 Å². The average Bonchev–Trinajstić information content (AvgIpc) is 2.25. The molecule has 0 unspecified atom stereocenters. The molecule has 0 saturated carbocycles. The fourth-order valence-electron chi connectivity index (χ4n) is 0.873. The molecule has 0 radical (unpaired) electrons. The Kier molecular flexibility index (Phi) is 3.26. The van der Waals surface area contributed by atoms with Crippen LogP contribution in [0.4, 0.5) is 19.1 Å². The maximum atomic E-state index is 12.5. The van der Waals surface area contributed by atoms with Crippen molar-refractivity contribution in [3.63, 3.8) is 0 Å². The highest BCUT2D eigenvalue weighted by molar-refractivity contribution is 5.88. The number of alkyl halides is 3. The Morgan fingerprint density at radius 2 is 2.00 bits per heavy atom. The smallest absolute Gasteiger partial charge is 0.283 e. The van der Waals surface area contributed by atoms with E-state index in [0.717, 1.165) is 11.8 Å². The number of carbonyl (C=O) groups excluding carboxylic acids is 1. The third-order valence-corrected chi connectivity index (χ3v) is 1.82. The fourth-order valence-corrected chi connectivity index (χ4v) is 0.873. The molecule has 0 spiro atoms. The summed E-state index contributed by atoms with van der Waals surface area (Å²) in [5.41, 5.74) is -2.39. The van der Waals surface area contributed by atoms with Gasteiger partial charge in [0.15, 0.2) is 11.4 Å². The molecule has 0 aliphatic heterocycles. The number of nitriles is 1. The molecule has 1 rings (SSSR count).